The van der Waals surface area contributed by atoms with Crippen molar-refractivity contribution in [1.82, 2.24) is 15.1 Å². The van der Waals surface area contributed by atoms with Gasteiger partial charge in [-0.25, -0.2) is 0 Å². The molecule has 1 aliphatic rings. The lowest BCUT2D eigenvalue weighted by Crippen LogP contribution is -2.39. The number of para-hydroxylation sites is 1. The number of nitrogens with one attached hydrogen (secondary N) is 1. The van der Waals surface area contributed by atoms with Crippen molar-refractivity contribution in [2.24, 2.45) is 5.41 Å². The Bertz CT molecular complexity index is 815. The molecule has 1 aliphatic heterocycles. The van der Waals surface area contributed by atoms with Gasteiger partial charge in [0, 0.05) is 43.9 Å². The lowest BCUT2D eigenvalue weighted by molar-refractivity contribution is -0.134. The Morgan fingerprint density at radius 1 is 1.18 bits per heavy atom. The largest absolute Gasteiger partial charge is 0.343 e. The quantitative estimate of drug-likeness (QED) is 0.874. The van der Waals surface area contributed by atoms with E-state index in [0.29, 0.717) is 18.0 Å². The van der Waals surface area contributed by atoms with Crippen LogP contribution in [0.5, 0.6) is 0 Å². The molecule has 6 nitrogen and oxygen atoms in total. The number of hydrogen-bond donors (Lipinski definition) is 1. The van der Waals surface area contributed by atoms with Crippen molar-refractivity contribution in [2.45, 2.75) is 46.0 Å². The summed E-state index contributed by atoms with van der Waals surface area (Å²) in [6, 6.07) is 11.4. The van der Waals surface area contributed by atoms with Gasteiger partial charge in [0.15, 0.2) is 5.69 Å². The second kappa shape index (κ2) is 8.17. The fraction of sp³-hybridized carbons (Fsp3) is 0.500. The summed E-state index contributed by atoms with van der Waals surface area (Å²) in [5, 5.41) is 7.29. The molecule has 0 spiro atoms. The summed E-state index contributed by atoms with van der Waals surface area (Å²) >= 11 is 0. The number of aromatic nitrogens is 2. The standard InChI is InChI=1S/C22H30N4O2/c1-22(2,3)15-20(27)26-12-10-16(11-13-26)18-14-19(24-23-18)21(28)25(4)17-8-6-5-7-9-17/h5-9,14,16H,10-13,15H2,1-4H3,(H,23,24). The number of carbonyl (C=O) groups is 2. The summed E-state index contributed by atoms with van der Waals surface area (Å²) < 4.78 is 0. The predicted octanol–water partition coefficient (Wildman–Crippen LogP) is 3.83. The van der Waals surface area contributed by atoms with Crippen LogP contribution in [-0.2, 0) is 4.79 Å². The molecule has 1 aromatic heterocycles. The summed E-state index contributed by atoms with van der Waals surface area (Å²) in [5.41, 5.74) is 2.25. The molecule has 1 saturated heterocycles. The predicted molar refractivity (Wildman–Crippen MR) is 110 cm³/mol. The van der Waals surface area contributed by atoms with Crippen molar-refractivity contribution in [1.29, 1.82) is 0 Å². The van der Waals surface area contributed by atoms with Crippen molar-refractivity contribution >= 4 is 17.5 Å². The van der Waals surface area contributed by atoms with Gasteiger partial charge in [-0.05, 0) is 36.5 Å². The molecule has 6 heteroatoms. The molecule has 0 unspecified atom stereocenters. The zero-order chi connectivity index (χ0) is 20.3. The van der Waals surface area contributed by atoms with Gasteiger partial charge >= 0.3 is 0 Å². The minimum absolute atomic E-state index is 0.0113. The topological polar surface area (TPSA) is 69.3 Å². The van der Waals surface area contributed by atoms with E-state index >= 15 is 0 Å². The van der Waals surface area contributed by atoms with E-state index in [1.165, 1.54) is 0 Å². The van der Waals surface area contributed by atoms with Crippen LogP contribution in [0.2, 0.25) is 0 Å². The van der Waals surface area contributed by atoms with Crippen LogP contribution in [-0.4, -0.2) is 47.0 Å². The highest BCUT2D eigenvalue weighted by Crippen LogP contribution is 2.29. The Morgan fingerprint density at radius 3 is 2.43 bits per heavy atom. The van der Waals surface area contributed by atoms with Gasteiger partial charge in [-0.3, -0.25) is 14.7 Å². The molecular formula is C22H30N4O2. The van der Waals surface area contributed by atoms with Crippen LogP contribution in [0.15, 0.2) is 36.4 Å². The lowest BCUT2D eigenvalue weighted by atomic mass is 9.89. The van der Waals surface area contributed by atoms with Gasteiger partial charge in [0.1, 0.15) is 0 Å². The number of amides is 2. The summed E-state index contributed by atoms with van der Waals surface area (Å²) in [4.78, 5) is 28.7. The maximum atomic E-state index is 12.7. The molecule has 0 bridgehead atoms. The first-order valence-corrected chi connectivity index (χ1v) is 9.91. The molecule has 0 aliphatic carbocycles. The Kier molecular flexibility index (Phi) is 5.87. The van der Waals surface area contributed by atoms with E-state index in [-0.39, 0.29) is 17.2 Å². The Hall–Kier alpha value is -2.63. The molecule has 0 atom stereocenters. The van der Waals surface area contributed by atoms with Crippen LogP contribution in [0, 0.1) is 5.41 Å². The van der Waals surface area contributed by atoms with Crippen LogP contribution in [0.3, 0.4) is 0 Å². The Balaban J connectivity index is 1.59. The van der Waals surface area contributed by atoms with Gasteiger partial charge in [-0.1, -0.05) is 39.0 Å². The SMILES string of the molecule is CN(C(=O)c1cc(C2CCN(C(=O)CC(C)(C)C)CC2)[nH]n1)c1ccccc1. The maximum absolute atomic E-state index is 12.7. The Labute approximate surface area is 166 Å². The van der Waals surface area contributed by atoms with Gasteiger partial charge in [0.2, 0.25) is 5.91 Å². The number of rotatable bonds is 4. The van der Waals surface area contributed by atoms with Crippen molar-refractivity contribution in [3.8, 4) is 0 Å². The zero-order valence-corrected chi connectivity index (χ0v) is 17.2. The average molecular weight is 383 g/mol. The maximum Gasteiger partial charge on any atom is 0.278 e. The van der Waals surface area contributed by atoms with E-state index in [1.54, 1.807) is 11.9 Å². The third-order valence-corrected chi connectivity index (χ3v) is 5.23. The molecule has 1 aromatic carbocycles. The molecule has 1 fully saturated rings. The second-order valence-corrected chi connectivity index (χ2v) is 8.80. The summed E-state index contributed by atoms with van der Waals surface area (Å²) in [6.07, 6.45) is 2.35. The fourth-order valence-electron chi connectivity index (χ4n) is 3.60. The highest BCUT2D eigenvalue weighted by Gasteiger charge is 2.28. The average Bonchev–Trinajstić information content (AvgIpc) is 3.16. The number of nitrogens with zero attached hydrogens (tertiary/aromatic N) is 3. The minimum Gasteiger partial charge on any atom is -0.343 e. The smallest absolute Gasteiger partial charge is 0.278 e. The molecule has 3 rings (SSSR count). The number of likely N-dealkylation sites (tertiary alicyclic amines) is 1. The highest BCUT2D eigenvalue weighted by molar-refractivity contribution is 6.04. The van der Waals surface area contributed by atoms with Gasteiger partial charge in [0.05, 0.1) is 0 Å². The number of anilines is 1. The third-order valence-electron chi connectivity index (χ3n) is 5.23. The molecule has 28 heavy (non-hydrogen) atoms. The van der Waals surface area contributed by atoms with Gasteiger partial charge in [-0.15, -0.1) is 0 Å². The number of hydrogen-bond acceptors (Lipinski definition) is 3. The number of carbonyl (C=O) groups excluding carboxylic acids is 2. The summed E-state index contributed by atoms with van der Waals surface area (Å²) in [5.74, 6) is 0.400. The van der Waals surface area contributed by atoms with Crippen LogP contribution in [0.4, 0.5) is 5.69 Å². The van der Waals surface area contributed by atoms with Crippen LogP contribution >= 0.6 is 0 Å². The van der Waals surface area contributed by atoms with Crippen LogP contribution in [0.1, 0.15) is 62.1 Å². The molecule has 2 heterocycles. The number of H-pyrrole nitrogens is 1. The molecule has 0 saturated carbocycles. The number of aromatic amines is 1. The second-order valence-electron chi connectivity index (χ2n) is 8.80. The van der Waals surface area contributed by atoms with Crippen molar-refractivity contribution in [3.05, 3.63) is 47.8 Å². The lowest BCUT2D eigenvalue weighted by Gasteiger charge is -2.33. The van der Waals surface area contributed by atoms with Gasteiger partial charge in [0.25, 0.3) is 5.91 Å². The van der Waals surface area contributed by atoms with E-state index in [4.69, 9.17) is 0 Å². The highest BCUT2D eigenvalue weighted by atomic mass is 16.2. The monoisotopic (exact) mass is 382 g/mol. The number of benzene rings is 1. The third kappa shape index (κ3) is 4.80. The zero-order valence-electron chi connectivity index (χ0n) is 17.2. The fourth-order valence-corrected chi connectivity index (χ4v) is 3.60. The molecule has 2 aromatic rings. The van der Waals surface area contributed by atoms with Gasteiger partial charge in [-0.2, -0.15) is 5.10 Å². The van der Waals surface area contributed by atoms with Crippen molar-refractivity contribution < 1.29 is 9.59 Å². The number of piperidine rings is 1. The van der Waals surface area contributed by atoms with E-state index < -0.39 is 0 Å². The Morgan fingerprint density at radius 2 is 1.82 bits per heavy atom. The van der Waals surface area contributed by atoms with Gasteiger partial charge < -0.3 is 9.80 Å². The van der Waals surface area contributed by atoms with E-state index in [0.717, 1.165) is 37.3 Å². The van der Waals surface area contributed by atoms with Crippen LogP contribution < -0.4 is 4.90 Å². The first-order valence-electron chi connectivity index (χ1n) is 9.91. The first-order chi connectivity index (χ1) is 13.2. The summed E-state index contributed by atoms with van der Waals surface area (Å²) in [7, 11) is 1.76. The van der Waals surface area contributed by atoms with Crippen LogP contribution in [0.25, 0.3) is 0 Å². The van der Waals surface area contributed by atoms with E-state index in [2.05, 4.69) is 31.0 Å². The van der Waals surface area contributed by atoms with E-state index in [1.807, 2.05) is 41.3 Å². The molecule has 150 valence electrons. The normalized spacial score (nSPS) is 15.5. The van der Waals surface area contributed by atoms with Crippen molar-refractivity contribution in [3.63, 3.8) is 0 Å². The molecule has 1 N–H and O–H groups in total. The molecular weight excluding hydrogens is 352 g/mol. The molecule has 0 radical (unpaired) electrons. The first kappa shape index (κ1) is 20.1. The minimum atomic E-state index is -0.133. The molecule has 2 amide bonds. The summed E-state index contributed by atoms with van der Waals surface area (Å²) in [6.45, 7) is 7.78. The van der Waals surface area contributed by atoms with Crippen molar-refractivity contribution in [2.75, 3.05) is 25.0 Å². The van der Waals surface area contributed by atoms with E-state index in [9.17, 15) is 9.59 Å².